The van der Waals surface area contributed by atoms with Gasteiger partial charge in [-0.05, 0) is 36.6 Å². The molecule has 1 N–H and O–H groups in total. The number of halogens is 1. The van der Waals surface area contributed by atoms with E-state index in [4.69, 9.17) is 16.3 Å². The number of hydrogen-bond acceptors (Lipinski definition) is 4. The van der Waals surface area contributed by atoms with Crippen molar-refractivity contribution in [1.29, 1.82) is 0 Å². The van der Waals surface area contributed by atoms with Crippen LogP contribution in [0.25, 0.3) is 0 Å². The minimum Gasteiger partial charge on any atom is -0.376 e. The Morgan fingerprint density at radius 1 is 1.24 bits per heavy atom. The number of hydrogen-bond donors (Lipinski definition) is 1. The van der Waals surface area contributed by atoms with Crippen LogP contribution in [0.3, 0.4) is 0 Å². The van der Waals surface area contributed by atoms with E-state index in [0.29, 0.717) is 23.8 Å². The largest absolute Gasteiger partial charge is 0.376 e. The number of carbonyl (C=O) groups is 2. The lowest BCUT2D eigenvalue weighted by molar-refractivity contribution is -0.134. The van der Waals surface area contributed by atoms with Crippen LogP contribution in [0.2, 0.25) is 5.02 Å². The van der Waals surface area contributed by atoms with E-state index in [0.717, 1.165) is 29.9 Å². The maximum absolute atomic E-state index is 13.2. The summed E-state index contributed by atoms with van der Waals surface area (Å²) in [7, 11) is 0. The van der Waals surface area contributed by atoms with E-state index < -0.39 is 5.25 Å². The van der Waals surface area contributed by atoms with Crippen LogP contribution >= 0.6 is 23.4 Å². The Kier molecular flexibility index (Phi) is 6.43. The second kappa shape index (κ2) is 9.20. The van der Waals surface area contributed by atoms with Crippen molar-refractivity contribution >= 4 is 40.9 Å². The Bertz CT molecular complexity index is 887. The van der Waals surface area contributed by atoms with E-state index in [1.807, 2.05) is 41.3 Å². The predicted molar refractivity (Wildman–Crippen MR) is 115 cm³/mol. The van der Waals surface area contributed by atoms with Crippen molar-refractivity contribution in [2.75, 3.05) is 18.5 Å². The van der Waals surface area contributed by atoms with Crippen molar-refractivity contribution in [3.05, 3.63) is 59.1 Å². The second-order valence-corrected chi connectivity index (χ2v) is 9.02. The zero-order valence-electron chi connectivity index (χ0n) is 16.0. The molecule has 2 atom stereocenters. The van der Waals surface area contributed by atoms with Crippen LogP contribution in [0.4, 0.5) is 5.69 Å². The fourth-order valence-corrected chi connectivity index (χ4v) is 4.89. The number of benzene rings is 2. The van der Waals surface area contributed by atoms with Crippen molar-refractivity contribution in [1.82, 2.24) is 4.90 Å². The minimum atomic E-state index is -0.459. The molecule has 0 aromatic heterocycles. The van der Waals surface area contributed by atoms with Gasteiger partial charge in [0.05, 0.1) is 17.0 Å². The molecule has 1 fully saturated rings. The standard InChI is InChI=1S/C22H23ClN2O3S/c23-16-8-9-19-18(11-16)24-22(27)20(29-19)12-21(26)25(14-17-7-4-10-28-17)13-15-5-2-1-3-6-15/h1-3,5-6,8-9,11,17,20H,4,7,10,12-14H2,(H,24,27). The maximum Gasteiger partial charge on any atom is 0.238 e. The first-order valence-corrected chi connectivity index (χ1v) is 11.0. The number of nitrogens with one attached hydrogen (secondary N) is 1. The van der Waals surface area contributed by atoms with Gasteiger partial charge in [-0.15, -0.1) is 11.8 Å². The molecule has 0 aliphatic carbocycles. The third kappa shape index (κ3) is 5.13. The number of nitrogens with zero attached hydrogens (tertiary/aromatic N) is 1. The highest BCUT2D eigenvalue weighted by Gasteiger charge is 2.32. The number of ether oxygens (including phenoxy) is 1. The summed E-state index contributed by atoms with van der Waals surface area (Å²) in [5, 5.41) is 2.99. The van der Waals surface area contributed by atoms with Crippen molar-refractivity contribution in [3.8, 4) is 0 Å². The molecule has 0 spiro atoms. The summed E-state index contributed by atoms with van der Waals surface area (Å²) in [6.45, 7) is 1.82. The number of carbonyl (C=O) groups excluding carboxylic acids is 2. The molecule has 1 saturated heterocycles. The molecule has 2 unspecified atom stereocenters. The Balaban J connectivity index is 1.46. The Labute approximate surface area is 179 Å². The Morgan fingerprint density at radius 3 is 2.83 bits per heavy atom. The van der Waals surface area contributed by atoms with E-state index in [1.54, 1.807) is 12.1 Å². The minimum absolute atomic E-state index is 0.0329. The number of amides is 2. The molecule has 4 rings (SSSR count). The van der Waals surface area contributed by atoms with Crippen molar-refractivity contribution in [2.24, 2.45) is 0 Å². The SMILES string of the molecule is O=C1Nc2cc(Cl)ccc2SC1CC(=O)N(Cc1ccccc1)CC1CCCO1. The van der Waals surface area contributed by atoms with Gasteiger partial charge in [-0.1, -0.05) is 41.9 Å². The normalized spacial score (nSPS) is 20.8. The average Bonchev–Trinajstić information content (AvgIpc) is 3.22. The summed E-state index contributed by atoms with van der Waals surface area (Å²) in [6.07, 6.45) is 2.21. The molecular formula is C22H23ClN2O3S. The van der Waals surface area contributed by atoms with E-state index in [9.17, 15) is 9.59 Å². The molecule has 2 heterocycles. The van der Waals surface area contributed by atoms with Crippen molar-refractivity contribution in [3.63, 3.8) is 0 Å². The highest BCUT2D eigenvalue weighted by molar-refractivity contribution is 8.01. The summed E-state index contributed by atoms with van der Waals surface area (Å²) < 4.78 is 5.75. The van der Waals surface area contributed by atoms with Crippen LogP contribution in [0.5, 0.6) is 0 Å². The number of anilines is 1. The van der Waals surface area contributed by atoms with Crippen molar-refractivity contribution in [2.45, 2.75) is 42.1 Å². The number of rotatable bonds is 6. The maximum atomic E-state index is 13.2. The summed E-state index contributed by atoms with van der Waals surface area (Å²) in [5.41, 5.74) is 1.77. The zero-order valence-corrected chi connectivity index (χ0v) is 17.5. The first-order valence-electron chi connectivity index (χ1n) is 9.79. The summed E-state index contributed by atoms with van der Waals surface area (Å²) >= 11 is 7.43. The van der Waals surface area contributed by atoms with Gasteiger partial charge in [-0.25, -0.2) is 0 Å². The molecule has 152 valence electrons. The monoisotopic (exact) mass is 430 g/mol. The predicted octanol–water partition coefficient (Wildman–Crippen LogP) is 4.35. The molecule has 29 heavy (non-hydrogen) atoms. The molecule has 2 aromatic rings. The lowest BCUT2D eigenvalue weighted by Gasteiger charge is -2.29. The molecular weight excluding hydrogens is 408 g/mol. The Hall–Kier alpha value is -2.02. The second-order valence-electron chi connectivity index (χ2n) is 7.34. The van der Waals surface area contributed by atoms with Gasteiger partial charge in [0.1, 0.15) is 0 Å². The van der Waals surface area contributed by atoms with Crippen molar-refractivity contribution < 1.29 is 14.3 Å². The van der Waals surface area contributed by atoms with E-state index in [2.05, 4.69) is 5.32 Å². The van der Waals surface area contributed by atoms with Gasteiger partial charge in [0.2, 0.25) is 11.8 Å². The van der Waals surface area contributed by atoms with Crippen LogP contribution in [0.15, 0.2) is 53.4 Å². The van der Waals surface area contributed by atoms with E-state index in [-0.39, 0.29) is 24.3 Å². The third-order valence-electron chi connectivity index (χ3n) is 5.14. The lowest BCUT2D eigenvalue weighted by atomic mass is 10.1. The summed E-state index contributed by atoms with van der Waals surface area (Å²) in [4.78, 5) is 28.5. The van der Waals surface area contributed by atoms with Crippen LogP contribution in [-0.2, 0) is 20.9 Å². The fraction of sp³-hybridized carbons (Fsp3) is 0.364. The summed E-state index contributed by atoms with van der Waals surface area (Å²) in [6, 6.07) is 15.3. The van der Waals surface area contributed by atoms with Gasteiger partial charge in [-0.2, -0.15) is 0 Å². The molecule has 0 bridgehead atoms. The van der Waals surface area contributed by atoms with Gasteiger partial charge in [0.25, 0.3) is 0 Å². The molecule has 7 heteroatoms. The smallest absolute Gasteiger partial charge is 0.238 e. The van der Waals surface area contributed by atoms with Crippen LogP contribution < -0.4 is 5.32 Å². The highest BCUT2D eigenvalue weighted by atomic mass is 35.5. The van der Waals surface area contributed by atoms with Crippen LogP contribution in [-0.4, -0.2) is 41.2 Å². The molecule has 2 aliphatic heterocycles. The number of thioether (sulfide) groups is 1. The molecule has 2 aliphatic rings. The van der Waals surface area contributed by atoms with E-state index >= 15 is 0 Å². The van der Waals surface area contributed by atoms with Crippen LogP contribution in [0.1, 0.15) is 24.8 Å². The highest BCUT2D eigenvalue weighted by Crippen LogP contribution is 2.38. The quantitative estimate of drug-likeness (QED) is 0.740. The zero-order chi connectivity index (χ0) is 20.2. The van der Waals surface area contributed by atoms with Crippen LogP contribution in [0, 0.1) is 0 Å². The molecule has 2 aromatic carbocycles. The van der Waals surface area contributed by atoms with Gasteiger partial charge in [0, 0.05) is 36.0 Å². The molecule has 0 saturated carbocycles. The topological polar surface area (TPSA) is 58.6 Å². The fourth-order valence-electron chi connectivity index (χ4n) is 3.64. The van der Waals surface area contributed by atoms with E-state index in [1.165, 1.54) is 11.8 Å². The molecule has 2 amide bonds. The lowest BCUT2D eigenvalue weighted by Crippen LogP contribution is -2.40. The first kappa shape index (κ1) is 20.3. The average molecular weight is 431 g/mol. The van der Waals surface area contributed by atoms with Gasteiger partial charge >= 0.3 is 0 Å². The van der Waals surface area contributed by atoms with Gasteiger partial charge in [0.15, 0.2) is 0 Å². The molecule has 0 radical (unpaired) electrons. The molecule has 5 nitrogen and oxygen atoms in total. The van der Waals surface area contributed by atoms with Gasteiger partial charge in [-0.3, -0.25) is 9.59 Å². The number of fused-ring (bicyclic) bond motifs is 1. The van der Waals surface area contributed by atoms with Gasteiger partial charge < -0.3 is 15.0 Å². The Morgan fingerprint density at radius 2 is 2.07 bits per heavy atom. The first-order chi connectivity index (χ1) is 14.1. The summed E-state index contributed by atoms with van der Waals surface area (Å²) in [5.74, 6) is -0.190. The third-order valence-corrected chi connectivity index (χ3v) is 6.65.